The van der Waals surface area contributed by atoms with E-state index >= 15 is 0 Å². The van der Waals surface area contributed by atoms with Crippen LogP contribution in [-0.4, -0.2) is 38.1 Å². The Bertz CT molecular complexity index is 1050. The van der Waals surface area contributed by atoms with Crippen LogP contribution in [0, 0.1) is 5.82 Å². The molecule has 2 heterocycles. The topological polar surface area (TPSA) is 93.0 Å². The number of carbonyl (C=O) groups is 2. The summed E-state index contributed by atoms with van der Waals surface area (Å²) in [5.41, 5.74) is 1.68. The monoisotopic (exact) mass is 380 g/mol. The van der Waals surface area contributed by atoms with Crippen LogP contribution in [0.4, 0.5) is 15.8 Å². The van der Waals surface area contributed by atoms with Crippen molar-refractivity contribution in [2.45, 2.75) is 25.9 Å². The van der Waals surface area contributed by atoms with Gasteiger partial charge in [0.2, 0.25) is 11.7 Å². The van der Waals surface area contributed by atoms with Crippen molar-refractivity contribution in [3.05, 3.63) is 54.3 Å². The minimum atomic E-state index is -0.405. The quantitative estimate of drug-likeness (QED) is 0.752. The Morgan fingerprint density at radius 2 is 2.07 bits per heavy atom. The summed E-state index contributed by atoms with van der Waals surface area (Å²) in [5, 5.41) is 14.8. The number of tetrazole rings is 1. The van der Waals surface area contributed by atoms with Crippen LogP contribution in [0.15, 0.2) is 48.5 Å². The lowest BCUT2D eigenvalue weighted by atomic mass is 10.1. The molecule has 8 nitrogen and oxygen atoms in total. The van der Waals surface area contributed by atoms with Crippen molar-refractivity contribution in [1.82, 2.24) is 20.2 Å². The summed E-state index contributed by atoms with van der Waals surface area (Å²) in [4.78, 5) is 27.8. The molecule has 4 rings (SSSR count). The van der Waals surface area contributed by atoms with Gasteiger partial charge in [-0.05, 0) is 36.4 Å². The zero-order valence-corrected chi connectivity index (χ0v) is 15.0. The number of carbonyl (C=O) groups excluding carboxylic acids is 2. The summed E-state index contributed by atoms with van der Waals surface area (Å²) in [6.07, 6.45) is 0.180. The molecule has 1 unspecified atom stereocenters. The number of fused-ring (bicyclic) bond motifs is 1. The molecule has 9 heteroatoms. The molecule has 0 saturated carbocycles. The van der Waals surface area contributed by atoms with Gasteiger partial charge >= 0.3 is 0 Å². The summed E-state index contributed by atoms with van der Waals surface area (Å²) < 4.78 is 13.4. The van der Waals surface area contributed by atoms with Gasteiger partial charge in [-0.25, -0.2) is 4.39 Å². The Hall–Kier alpha value is -3.62. The van der Waals surface area contributed by atoms with Gasteiger partial charge in [-0.15, -0.1) is 10.2 Å². The van der Waals surface area contributed by atoms with Crippen molar-refractivity contribution in [2.24, 2.45) is 0 Å². The number of nitrogens with one attached hydrogen (secondary N) is 1. The van der Waals surface area contributed by atoms with E-state index in [1.165, 1.54) is 12.1 Å². The van der Waals surface area contributed by atoms with Gasteiger partial charge in [0.25, 0.3) is 5.91 Å². The predicted octanol–water partition coefficient (Wildman–Crippen LogP) is 2.24. The second kappa shape index (κ2) is 7.18. The summed E-state index contributed by atoms with van der Waals surface area (Å²) in [7, 11) is 0. The zero-order chi connectivity index (χ0) is 19.7. The lowest BCUT2D eigenvalue weighted by molar-refractivity contribution is -0.120. The molecule has 0 radical (unpaired) electrons. The number of amides is 2. The Balaban J connectivity index is 1.59. The standard InChI is InChI=1S/C19H17FN6O2/c1-12-9-17(27)21-15-7-2-3-8-16(15)26(12)18(28)11-25-23-19(22-24-25)13-5-4-6-14(20)10-13/h2-8,10,12H,9,11H2,1H3,(H,21,27). The highest BCUT2D eigenvalue weighted by Gasteiger charge is 2.30. The van der Waals surface area contributed by atoms with Gasteiger partial charge in [0.05, 0.1) is 11.4 Å². The fourth-order valence-electron chi connectivity index (χ4n) is 3.22. The Morgan fingerprint density at radius 3 is 2.89 bits per heavy atom. The average Bonchev–Trinajstić information content (AvgIpc) is 3.06. The van der Waals surface area contributed by atoms with Crippen LogP contribution in [0.2, 0.25) is 0 Å². The number of hydrogen-bond acceptors (Lipinski definition) is 5. The third kappa shape index (κ3) is 3.46. The SMILES string of the molecule is CC1CC(=O)Nc2ccccc2N1C(=O)Cn1nnc(-c2cccc(F)c2)n1. The van der Waals surface area contributed by atoms with Crippen molar-refractivity contribution in [3.8, 4) is 11.4 Å². The molecular formula is C19H17FN6O2. The number of hydrogen-bond donors (Lipinski definition) is 1. The fraction of sp³-hybridized carbons (Fsp3) is 0.211. The highest BCUT2D eigenvalue weighted by molar-refractivity contribution is 6.04. The van der Waals surface area contributed by atoms with E-state index in [0.717, 1.165) is 4.80 Å². The number of benzene rings is 2. The number of nitrogens with zero attached hydrogens (tertiary/aromatic N) is 5. The summed E-state index contributed by atoms with van der Waals surface area (Å²) in [6.45, 7) is 1.65. The average molecular weight is 380 g/mol. The van der Waals surface area contributed by atoms with Crippen LogP contribution >= 0.6 is 0 Å². The molecule has 1 aliphatic rings. The number of para-hydroxylation sites is 2. The number of rotatable bonds is 3. The van der Waals surface area contributed by atoms with Crippen LogP contribution in [0.1, 0.15) is 13.3 Å². The van der Waals surface area contributed by atoms with Gasteiger partial charge in [0.1, 0.15) is 12.4 Å². The van der Waals surface area contributed by atoms with Crippen LogP contribution in [0.3, 0.4) is 0 Å². The number of halogens is 1. The summed E-state index contributed by atoms with van der Waals surface area (Å²) >= 11 is 0. The predicted molar refractivity (Wildman–Crippen MR) is 99.8 cm³/mol. The molecule has 0 spiro atoms. The third-order valence-electron chi connectivity index (χ3n) is 4.44. The highest BCUT2D eigenvalue weighted by Crippen LogP contribution is 2.31. The molecule has 1 atom stereocenters. The van der Waals surface area contributed by atoms with Crippen molar-refractivity contribution in [3.63, 3.8) is 0 Å². The molecule has 142 valence electrons. The third-order valence-corrected chi connectivity index (χ3v) is 4.44. The maximum Gasteiger partial charge on any atom is 0.250 e. The Morgan fingerprint density at radius 1 is 1.25 bits per heavy atom. The molecule has 0 fully saturated rings. The van der Waals surface area contributed by atoms with E-state index in [4.69, 9.17) is 0 Å². The van der Waals surface area contributed by atoms with Crippen LogP contribution < -0.4 is 10.2 Å². The first kappa shape index (κ1) is 17.8. The van der Waals surface area contributed by atoms with Crippen molar-refractivity contribution in [1.29, 1.82) is 0 Å². The van der Waals surface area contributed by atoms with Gasteiger partial charge in [0.15, 0.2) is 0 Å². The highest BCUT2D eigenvalue weighted by atomic mass is 19.1. The van der Waals surface area contributed by atoms with Crippen molar-refractivity contribution < 1.29 is 14.0 Å². The van der Waals surface area contributed by atoms with Crippen molar-refractivity contribution in [2.75, 3.05) is 10.2 Å². The minimum absolute atomic E-state index is 0.150. The molecule has 1 aromatic heterocycles. The van der Waals surface area contributed by atoms with E-state index in [1.54, 1.807) is 41.3 Å². The van der Waals surface area contributed by atoms with Crippen molar-refractivity contribution >= 4 is 23.2 Å². The van der Waals surface area contributed by atoms with Crippen LogP contribution in [0.25, 0.3) is 11.4 Å². The van der Waals surface area contributed by atoms with Gasteiger partial charge in [-0.1, -0.05) is 24.3 Å². The molecule has 0 saturated heterocycles. The van der Waals surface area contributed by atoms with Gasteiger partial charge in [-0.3, -0.25) is 9.59 Å². The summed E-state index contributed by atoms with van der Waals surface area (Å²) in [6, 6.07) is 12.6. The van der Waals surface area contributed by atoms with E-state index in [0.29, 0.717) is 16.9 Å². The van der Waals surface area contributed by atoms with E-state index in [-0.39, 0.29) is 36.6 Å². The van der Waals surface area contributed by atoms with E-state index < -0.39 is 5.82 Å². The normalized spacial score (nSPS) is 16.3. The first-order valence-corrected chi connectivity index (χ1v) is 8.76. The number of aromatic nitrogens is 4. The van der Waals surface area contributed by atoms with E-state index in [1.807, 2.05) is 6.92 Å². The summed E-state index contributed by atoms with van der Waals surface area (Å²) in [5.74, 6) is -0.604. The largest absolute Gasteiger partial charge is 0.324 e. The fourth-order valence-corrected chi connectivity index (χ4v) is 3.22. The van der Waals surface area contributed by atoms with E-state index in [2.05, 4.69) is 20.7 Å². The molecule has 1 N–H and O–H groups in total. The Labute approximate surface area is 160 Å². The molecule has 1 aliphatic heterocycles. The minimum Gasteiger partial charge on any atom is -0.324 e. The smallest absolute Gasteiger partial charge is 0.250 e. The zero-order valence-electron chi connectivity index (χ0n) is 15.0. The maximum atomic E-state index is 13.4. The first-order valence-electron chi connectivity index (χ1n) is 8.76. The number of anilines is 2. The molecule has 0 aliphatic carbocycles. The Kier molecular flexibility index (Phi) is 4.56. The lowest BCUT2D eigenvalue weighted by Crippen LogP contribution is -2.41. The molecule has 3 aromatic rings. The van der Waals surface area contributed by atoms with Crippen LogP contribution in [0.5, 0.6) is 0 Å². The second-order valence-corrected chi connectivity index (χ2v) is 6.54. The molecule has 0 bridgehead atoms. The molecule has 2 aromatic carbocycles. The van der Waals surface area contributed by atoms with Gasteiger partial charge in [0, 0.05) is 18.0 Å². The second-order valence-electron chi connectivity index (χ2n) is 6.54. The molecule has 2 amide bonds. The first-order chi connectivity index (χ1) is 13.5. The lowest BCUT2D eigenvalue weighted by Gasteiger charge is -2.27. The molecule has 28 heavy (non-hydrogen) atoms. The molecular weight excluding hydrogens is 363 g/mol. The van der Waals surface area contributed by atoms with Gasteiger partial charge in [-0.2, -0.15) is 4.80 Å². The van der Waals surface area contributed by atoms with Gasteiger partial charge < -0.3 is 10.2 Å². The van der Waals surface area contributed by atoms with Crippen LogP contribution in [-0.2, 0) is 16.1 Å². The maximum absolute atomic E-state index is 13.4. The van der Waals surface area contributed by atoms with E-state index in [9.17, 15) is 14.0 Å².